The van der Waals surface area contributed by atoms with Gasteiger partial charge in [0.1, 0.15) is 0 Å². The lowest BCUT2D eigenvalue weighted by Gasteiger charge is -2.12. The van der Waals surface area contributed by atoms with Gasteiger partial charge in [-0.1, -0.05) is 30.3 Å². The third kappa shape index (κ3) is 4.47. The molecular formula is C28H24N4O2. The number of amides is 2. The number of H-pyrrole nitrogens is 1. The van der Waals surface area contributed by atoms with Crippen molar-refractivity contribution in [3.63, 3.8) is 0 Å². The Kier molecular flexibility index (Phi) is 5.70. The minimum atomic E-state index is -0.207. The van der Waals surface area contributed by atoms with Crippen molar-refractivity contribution < 1.29 is 9.59 Å². The number of benzene rings is 3. The van der Waals surface area contributed by atoms with Crippen LogP contribution in [-0.4, -0.2) is 23.3 Å². The number of carbonyl (C=O) groups excluding carboxylic acids is 2. The molecule has 0 saturated carbocycles. The lowest BCUT2D eigenvalue weighted by atomic mass is 10.0. The van der Waals surface area contributed by atoms with E-state index in [9.17, 15) is 9.59 Å². The van der Waals surface area contributed by atoms with Crippen molar-refractivity contribution in [2.24, 2.45) is 0 Å². The molecule has 6 nitrogen and oxygen atoms in total. The molecule has 0 unspecified atom stereocenters. The lowest BCUT2D eigenvalue weighted by molar-refractivity contribution is 0.101. The zero-order valence-corrected chi connectivity index (χ0v) is 18.7. The molecule has 168 valence electrons. The highest BCUT2D eigenvalue weighted by molar-refractivity contribution is 6.08. The molecule has 0 saturated heterocycles. The van der Waals surface area contributed by atoms with E-state index >= 15 is 0 Å². The topological polar surface area (TPSA) is 86.0 Å². The molecule has 0 atom stereocenters. The highest BCUT2D eigenvalue weighted by Crippen LogP contribution is 2.33. The average Bonchev–Trinajstić information content (AvgIpc) is 3.52. The Morgan fingerprint density at radius 2 is 1.68 bits per heavy atom. The first-order chi connectivity index (χ1) is 16.6. The van der Waals surface area contributed by atoms with Gasteiger partial charge in [0.25, 0.3) is 11.8 Å². The van der Waals surface area contributed by atoms with Crippen LogP contribution in [0.2, 0.25) is 0 Å². The van der Waals surface area contributed by atoms with Gasteiger partial charge in [0, 0.05) is 52.2 Å². The normalized spacial score (nSPS) is 13.3. The zero-order chi connectivity index (χ0) is 23.5. The third-order valence-electron chi connectivity index (χ3n) is 5.83. The van der Waals surface area contributed by atoms with Crippen molar-refractivity contribution in [2.75, 3.05) is 22.5 Å². The Balaban J connectivity index is 1.32. The summed E-state index contributed by atoms with van der Waals surface area (Å²) in [6.45, 7) is 2.63. The van der Waals surface area contributed by atoms with Gasteiger partial charge >= 0.3 is 0 Å². The largest absolute Gasteiger partial charge is 0.380 e. The molecule has 2 heterocycles. The maximum Gasteiger partial charge on any atom is 0.255 e. The Labute approximate surface area is 197 Å². The average molecular weight is 449 g/mol. The van der Waals surface area contributed by atoms with Crippen molar-refractivity contribution in [3.8, 4) is 0 Å². The van der Waals surface area contributed by atoms with Crippen LogP contribution in [0, 0.1) is 6.92 Å². The molecule has 6 heteroatoms. The summed E-state index contributed by atoms with van der Waals surface area (Å²) in [4.78, 5) is 28.7. The fourth-order valence-electron chi connectivity index (χ4n) is 3.97. The number of fused-ring (bicyclic) bond motifs is 1. The van der Waals surface area contributed by atoms with Crippen LogP contribution in [0.4, 0.5) is 17.1 Å². The van der Waals surface area contributed by atoms with Crippen molar-refractivity contribution in [1.29, 1.82) is 0 Å². The molecule has 4 aromatic rings. The number of aryl methyl sites for hydroxylation is 1. The second-order valence-electron chi connectivity index (χ2n) is 8.21. The predicted octanol–water partition coefficient (Wildman–Crippen LogP) is 5.79. The number of aromatic nitrogens is 1. The number of hydrogen-bond donors (Lipinski definition) is 4. The fraction of sp³-hybridized carbons (Fsp3) is 0.0714. The van der Waals surface area contributed by atoms with Crippen molar-refractivity contribution >= 4 is 40.5 Å². The van der Waals surface area contributed by atoms with Crippen LogP contribution >= 0.6 is 0 Å². The molecule has 1 aromatic heterocycles. The van der Waals surface area contributed by atoms with Gasteiger partial charge in [-0.05, 0) is 72.7 Å². The van der Waals surface area contributed by atoms with E-state index in [1.165, 1.54) is 5.57 Å². The lowest BCUT2D eigenvalue weighted by Crippen LogP contribution is -2.15. The van der Waals surface area contributed by atoms with Gasteiger partial charge in [-0.2, -0.15) is 0 Å². The van der Waals surface area contributed by atoms with Crippen molar-refractivity contribution in [1.82, 2.24) is 4.98 Å². The van der Waals surface area contributed by atoms with Crippen LogP contribution in [0.15, 0.2) is 85.1 Å². The van der Waals surface area contributed by atoms with Crippen LogP contribution in [0.5, 0.6) is 0 Å². The molecule has 1 aliphatic rings. The van der Waals surface area contributed by atoms with E-state index in [1.807, 2.05) is 73.8 Å². The summed E-state index contributed by atoms with van der Waals surface area (Å²) in [5.41, 5.74) is 7.54. The first kappa shape index (κ1) is 21.3. The monoisotopic (exact) mass is 448 g/mol. The van der Waals surface area contributed by atoms with Crippen LogP contribution in [0.25, 0.3) is 11.6 Å². The summed E-state index contributed by atoms with van der Waals surface area (Å²) in [7, 11) is 0. The van der Waals surface area contributed by atoms with E-state index in [0.717, 1.165) is 22.5 Å². The predicted molar refractivity (Wildman–Crippen MR) is 137 cm³/mol. The van der Waals surface area contributed by atoms with E-state index in [-0.39, 0.29) is 11.8 Å². The SMILES string of the molecule is Cc1ccc(NC(=O)c2ccccc2)cc1NC(=O)c1ccc2c(c1)NCC2=Cc1ccc[nH]1. The molecule has 0 bridgehead atoms. The van der Waals surface area contributed by atoms with E-state index in [4.69, 9.17) is 0 Å². The highest BCUT2D eigenvalue weighted by atomic mass is 16.2. The summed E-state index contributed by atoms with van der Waals surface area (Å²) in [6.07, 6.45) is 4.00. The minimum absolute atomic E-state index is 0.199. The van der Waals surface area contributed by atoms with Crippen molar-refractivity contribution in [2.45, 2.75) is 6.92 Å². The van der Waals surface area contributed by atoms with Gasteiger partial charge in [-0.25, -0.2) is 0 Å². The number of carbonyl (C=O) groups is 2. The summed E-state index contributed by atoms with van der Waals surface area (Å²) in [6, 6.07) is 24.2. The Morgan fingerprint density at radius 3 is 2.47 bits per heavy atom. The molecular weight excluding hydrogens is 424 g/mol. The maximum absolute atomic E-state index is 13.0. The number of nitrogens with one attached hydrogen (secondary N) is 4. The Morgan fingerprint density at radius 1 is 0.853 bits per heavy atom. The van der Waals surface area contributed by atoms with E-state index in [2.05, 4.69) is 27.0 Å². The van der Waals surface area contributed by atoms with Gasteiger partial charge in [-0.15, -0.1) is 0 Å². The summed E-state index contributed by atoms with van der Waals surface area (Å²) in [5.74, 6) is -0.407. The molecule has 2 amide bonds. The molecule has 0 fully saturated rings. The minimum Gasteiger partial charge on any atom is -0.380 e. The number of hydrogen-bond acceptors (Lipinski definition) is 3. The van der Waals surface area contributed by atoms with Gasteiger partial charge in [0.15, 0.2) is 0 Å². The number of anilines is 3. The van der Waals surface area contributed by atoms with Crippen LogP contribution in [-0.2, 0) is 0 Å². The summed E-state index contributed by atoms with van der Waals surface area (Å²) in [5, 5.41) is 9.24. The van der Waals surface area contributed by atoms with Crippen LogP contribution in [0.1, 0.15) is 37.5 Å². The second-order valence-corrected chi connectivity index (χ2v) is 8.21. The first-order valence-electron chi connectivity index (χ1n) is 11.1. The van der Waals surface area contributed by atoms with E-state index in [0.29, 0.717) is 29.0 Å². The molecule has 4 N–H and O–H groups in total. The fourth-order valence-corrected chi connectivity index (χ4v) is 3.97. The molecule has 1 aliphatic heterocycles. The third-order valence-corrected chi connectivity index (χ3v) is 5.83. The van der Waals surface area contributed by atoms with Gasteiger partial charge in [0.05, 0.1) is 0 Å². The second kappa shape index (κ2) is 9.11. The van der Waals surface area contributed by atoms with Crippen LogP contribution in [0.3, 0.4) is 0 Å². The highest BCUT2D eigenvalue weighted by Gasteiger charge is 2.18. The molecule has 5 rings (SSSR count). The first-order valence-corrected chi connectivity index (χ1v) is 11.1. The summed E-state index contributed by atoms with van der Waals surface area (Å²) < 4.78 is 0. The van der Waals surface area contributed by atoms with Gasteiger partial charge in [-0.3, -0.25) is 9.59 Å². The van der Waals surface area contributed by atoms with Crippen molar-refractivity contribution in [3.05, 3.63) is 113 Å². The molecule has 0 spiro atoms. The molecule has 34 heavy (non-hydrogen) atoms. The Hall–Kier alpha value is -4.58. The van der Waals surface area contributed by atoms with Gasteiger partial charge in [0.2, 0.25) is 0 Å². The quantitative estimate of drug-likeness (QED) is 0.312. The van der Waals surface area contributed by atoms with E-state index < -0.39 is 0 Å². The zero-order valence-electron chi connectivity index (χ0n) is 18.7. The molecule has 0 radical (unpaired) electrons. The Bertz CT molecular complexity index is 1390. The number of rotatable bonds is 5. The summed E-state index contributed by atoms with van der Waals surface area (Å²) >= 11 is 0. The smallest absolute Gasteiger partial charge is 0.255 e. The molecule has 3 aromatic carbocycles. The van der Waals surface area contributed by atoms with Gasteiger partial charge < -0.3 is 20.9 Å². The van der Waals surface area contributed by atoms with Crippen LogP contribution < -0.4 is 16.0 Å². The molecule has 0 aliphatic carbocycles. The van der Waals surface area contributed by atoms with E-state index in [1.54, 1.807) is 18.2 Å². The maximum atomic E-state index is 13.0. The standard InChI is InChI=1S/C28H24N4O2/c1-18-9-11-23(31-27(33)19-6-3-2-4-7-19)16-25(18)32-28(34)20-10-12-24-21(17-30-26(24)15-20)14-22-8-5-13-29-22/h2-16,29-30H,17H2,1H3,(H,31,33)(H,32,34). The number of aromatic amines is 1.